The Bertz CT molecular complexity index is 441. The van der Waals surface area contributed by atoms with E-state index in [9.17, 15) is 10.1 Å². The van der Waals surface area contributed by atoms with Gasteiger partial charge in [0.2, 0.25) is 0 Å². The first kappa shape index (κ1) is 12.2. The average molecular weight is 245 g/mol. The maximum absolute atomic E-state index is 10.5. The molecule has 18 heavy (non-hydrogen) atoms. The van der Waals surface area contributed by atoms with Crippen molar-refractivity contribution in [2.24, 2.45) is 0 Å². The smallest absolute Gasteiger partial charge is 0.376 e. The molecule has 3 rings (SSSR count). The van der Waals surface area contributed by atoms with E-state index >= 15 is 0 Å². The molecule has 1 aromatic carbocycles. The van der Waals surface area contributed by atoms with Gasteiger partial charge in [-0.05, 0) is 50.3 Å². The van der Waals surface area contributed by atoms with Crippen molar-refractivity contribution in [2.75, 3.05) is 13.1 Å². The van der Waals surface area contributed by atoms with Crippen molar-refractivity contribution in [3.8, 4) is 0 Å². The summed E-state index contributed by atoms with van der Waals surface area (Å²) in [7, 11) is -0.379. The Balaban J connectivity index is 1.88. The van der Waals surface area contributed by atoms with Gasteiger partial charge in [0.15, 0.2) is 0 Å². The normalized spacial score (nSPS) is 26.3. The van der Waals surface area contributed by atoms with Crippen LogP contribution in [-0.4, -0.2) is 41.2 Å². The van der Waals surface area contributed by atoms with E-state index < -0.39 is 0 Å². The molecule has 1 heterocycles. The van der Waals surface area contributed by atoms with Crippen molar-refractivity contribution in [1.82, 2.24) is 4.81 Å². The summed E-state index contributed by atoms with van der Waals surface area (Å²) in [6.45, 7) is 3.54. The van der Waals surface area contributed by atoms with E-state index in [1.807, 2.05) is 6.82 Å². The molecule has 1 spiro atoms. The van der Waals surface area contributed by atoms with Gasteiger partial charge in [-0.2, -0.15) is 0 Å². The number of nitrogens with zero attached hydrogens (tertiary/aromatic N) is 1. The molecule has 3 nitrogen and oxygen atoms in total. The number of benzene rings is 1. The van der Waals surface area contributed by atoms with Crippen LogP contribution in [0.1, 0.15) is 24.0 Å². The van der Waals surface area contributed by atoms with Gasteiger partial charge in [-0.1, -0.05) is 24.3 Å². The van der Waals surface area contributed by atoms with Crippen LogP contribution in [0.25, 0.3) is 0 Å². The summed E-state index contributed by atoms with van der Waals surface area (Å²) in [5.41, 5.74) is 2.57. The van der Waals surface area contributed by atoms with Crippen molar-refractivity contribution < 1.29 is 10.1 Å². The molecule has 1 unspecified atom stereocenters. The second-order valence-electron chi connectivity index (χ2n) is 5.70. The lowest BCUT2D eigenvalue weighted by molar-refractivity contribution is 0.0573. The topological polar surface area (TPSA) is 43.7 Å². The predicted octanol–water partition coefficient (Wildman–Crippen LogP) is 1.05. The lowest BCUT2D eigenvalue weighted by Gasteiger charge is -2.42. The maximum atomic E-state index is 10.5. The van der Waals surface area contributed by atoms with Crippen molar-refractivity contribution in [3.05, 3.63) is 35.4 Å². The van der Waals surface area contributed by atoms with Crippen molar-refractivity contribution >= 4 is 7.05 Å². The van der Waals surface area contributed by atoms with Crippen LogP contribution >= 0.6 is 0 Å². The van der Waals surface area contributed by atoms with Gasteiger partial charge in [0, 0.05) is 5.41 Å². The van der Waals surface area contributed by atoms with E-state index in [-0.39, 0.29) is 18.6 Å². The molecule has 4 heteroatoms. The highest BCUT2D eigenvalue weighted by Gasteiger charge is 2.47. The molecule has 1 saturated heterocycles. The average Bonchev–Trinajstić information content (AvgIpc) is 2.64. The first-order valence-electron chi connectivity index (χ1n) is 6.82. The molecular formula is C14H20BNO2. The minimum absolute atomic E-state index is 0.0675. The van der Waals surface area contributed by atoms with Gasteiger partial charge in [-0.15, -0.1) is 0 Å². The van der Waals surface area contributed by atoms with Gasteiger partial charge in [0.1, 0.15) is 0 Å². The van der Waals surface area contributed by atoms with E-state index in [0.29, 0.717) is 0 Å². The van der Waals surface area contributed by atoms with Gasteiger partial charge in [-0.3, -0.25) is 0 Å². The molecule has 1 fully saturated rings. The molecule has 0 amide bonds. The molecule has 0 aromatic heterocycles. The molecule has 0 radical (unpaired) electrons. The number of rotatable bonds is 1. The molecule has 1 aliphatic carbocycles. The molecule has 0 bridgehead atoms. The van der Waals surface area contributed by atoms with E-state index in [1.165, 1.54) is 11.1 Å². The Labute approximate surface area is 109 Å². The van der Waals surface area contributed by atoms with Gasteiger partial charge >= 0.3 is 7.05 Å². The number of hydrogen-bond acceptors (Lipinski definition) is 3. The fraction of sp³-hybridized carbons (Fsp3) is 0.571. The predicted molar refractivity (Wildman–Crippen MR) is 72.5 cm³/mol. The summed E-state index contributed by atoms with van der Waals surface area (Å²) < 4.78 is 0. The quantitative estimate of drug-likeness (QED) is 0.727. The fourth-order valence-corrected chi connectivity index (χ4v) is 3.67. The zero-order valence-corrected chi connectivity index (χ0v) is 10.8. The zero-order valence-electron chi connectivity index (χ0n) is 10.8. The standard InChI is InChI=1S/C14H20BNO2/c1-15(18)16-8-6-14(7-9-16)12-5-3-2-4-11(12)10-13(14)17/h2-5,13,17-18H,6-10H2,1H3. The van der Waals surface area contributed by atoms with Gasteiger partial charge in [0.25, 0.3) is 0 Å². The van der Waals surface area contributed by atoms with E-state index in [0.717, 1.165) is 32.4 Å². The highest BCUT2D eigenvalue weighted by molar-refractivity contribution is 6.45. The molecule has 96 valence electrons. The van der Waals surface area contributed by atoms with Crippen LogP contribution < -0.4 is 0 Å². The van der Waals surface area contributed by atoms with Crippen molar-refractivity contribution in [2.45, 2.75) is 37.6 Å². The highest BCUT2D eigenvalue weighted by Crippen LogP contribution is 2.46. The Morgan fingerprint density at radius 2 is 1.94 bits per heavy atom. The van der Waals surface area contributed by atoms with Crippen LogP contribution in [0, 0.1) is 0 Å². The Hall–Kier alpha value is -0.835. The second-order valence-corrected chi connectivity index (χ2v) is 5.70. The van der Waals surface area contributed by atoms with Crippen molar-refractivity contribution in [3.63, 3.8) is 0 Å². The van der Waals surface area contributed by atoms with Gasteiger partial charge in [-0.25, -0.2) is 0 Å². The summed E-state index contributed by atoms with van der Waals surface area (Å²) in [6, 6.07) is 8.42. The van der Waals surface area contributed by atoms with Crippen LogP contribution in [0.3, 0.4) is 0 Å². The van der Waals surface area contributed by atoms with Gasteiger partial charge < -0.3 is 14.9 Å². The molecule has 1 atom stereocenters. The minimum atomic E-state index is -0.379. The summed E-state index contributed by atoms with van der Waals surface area (Å²) >= 11 is 0. The number of piperidine rings is 1. The van der Waals surface area contributed by atoms with Crippen LogP contribution in [-0.2, 0) is 11.8 Å². The summed E-state index contributed by atoms with van der Waals surface area (Å²) in [6.07, 6.45) is 2.41. The zero-order chi connectivity index (χ0) is 12.8. The van der Waals surface area contributed by atoms with Gasteiger partial charge in [0.05, 0.1) is 6.10 Å². The Morgan fingerprint density at radius 3 is 2.61 bits per heavy atom. The van der Waals surface area contributed by atoms with Crippen LogP contribution in [0.4, 0.5) is 0 Å². The number of hydrogen-bond donors (Lipinski definition) is 2. The number of fused-ring (bicyclic) bond motifs is 2. The summed E-state index contributed by atoms with van der Waals surface area (Å²) in [4.78, 5) is 2.08. The first-order valence-corrected chi connectivity index (χ1v) is 6.82. The lowest BCUT2D eigenvalue weighted by atomic mass is 9.69. The third-order valence-corrected chi connectivity index (χ3v) is 4.82. The molecule has 2 N–H and O–H groups in total. The monoisotopic (exact) mass is 245 g/mol. The Morgan fingerprint density at radius 1 is 1.28 bits per heavy atom. The first-order chi connectivity index (χ1) is 8.63. The molecule has 0 saturated carbocycles. The highest BCUT2D eigenvalue weighted by atomic mass is 16.3. The SMILES string of the molecule is CB(O)N1CCC2(CC1)c1ccccc1CC2O. The fourth-order valence-electron chi connectivity index (χ4n) is 3.67. The third-order valence-electron chi connectivity index (χ3n) is 4.82. The second kappa shape index (κ2) is 4.37. The summed E-state index contributed by atoms with van der Waals surface area (Å²) in [5.74, 6) is 0. The number of aliphatic hydroxyl groups is 1. The Kier molecular flexibility index (Phi) is 2.97. The minimum Gasteiger partial charge on any atom is -0.437 e. The van der Waals surface area contributed by atoms with E-state index in [4.69, 9.17) is 0 Å². The largest absolute Gasteiger partial charge is 0.437 e. The number of aliphatic hydroxyl groups excluding tert-OH is 1. The maximum Gasteiger partial charge on any atom is 0.376 e. The van der Waals surface area contributed by atoms with Crippen molar-refractivity contribution in [1.29, 1.82) is 0 Å². The summed E-state index contributed by atoms with van der Waals surface area (Å²) in [5, 5.41) is 20.1. The molecular weight excluding hydrogens is 225 g/mol. The van der Waals surface area contributed by atoms with Crippen LogP contribution in [0.2, 0.25) is 6.82 Å². The van der Waals surface area contributed by atoms with E-state index in [2.05, 4.69) is 29.1 Å². The molecule has 1 aromatic rings. The van der Waals surface area contributed by atoms with Crippen LogP contribution in [0.15, 0.2) is 24.3 Å². The third kappa shape index (κ3) is 1.71. The van der Waals surface area contributed by atoms with Crippen LogP contribution in [0.5, 0.6) is 0 Å². The molecule has 1 aliphatic heterocycles. The van der Waals surface area contributed by atoms with E-state index in [1.54, 1.807) is 0 Å². The lowest BCUT2D eigenvalue weighted by Crippen LogP contribution is -2.51. The molecule has 2 aliphatic rings.